The number of carbonyl (C=O) groups is 2. The maximum absolute atomic E-state index is 11.0. The molecule has 92 valence electrons. The smallest absolute Gasteiger partial charge is 0.333 e. The van der Waals surface area contributed by atoms with Crippen LogP contribution in [0.25, 0.3) is 0 Å². The fraction of sp³-hybridized carbons (Fsp3) is 0.364. The van der Waals surface area contributed by atoms with Crippen LogP contribution in [0.4, 0.5) is 0 Å². The number of isocyanates is 1. The van der Waals surface area contributed by atoms with E-state index < -0.39 is 24.3 Å². The van der Waals surface area contributed by atoms with Crippen LogP contribution >= 0.6 is 0 Å². The van der Waals surface area contributed by atoms with E-state index in [1.807, 2.05) is 0 Å². The monoisotopic (exact) mass is 239 g/mol. The average molecular weight is 239 g/mol. The Kier molecular flexibility index (Phi) is 6.97. The van der Waals surface area contributed by atoms with Crippen LogP contribution in [0.2, 0.25) is 0 Å². The molecule has 0 heterocycles. The summed E-state index contributed by atoms with van der Waals surface area (Å²) >= 11 is 0. The van der Waals surface area contributed by atoms with Gasteiger partial charge in [-0.15, -0.1) is 0 Å². The van der Waals surface area contributed by atoms with Crippen LogP contribution in [0.5, 0.6) is 0 Å². The zero-order valence-corrected chi connectivity index (χ0v) is 9.42. The molecule has 0 fully saturated rings. The quantitative estimate of drug-likeness (QED) is 0.216. The van der Waals surface area contributed by atoms with Crippen molar-refractivity contribution in [2.45, 2.75) is 25.7 Å². The van der Waals surface area contributed by atoms with Gasteiger partial charge in [-0.3, -0.25) is 0 Å². The molecular formula is C11H13NO5. The lowest BCUT2D eigenvalue weighted by Gasteiger charge is -2.17. The molecule has 0 aliphatic heterocycles. The Morgan fingerprint density at radius 2 is 1.76 bits per heavy atom. The van der Waals surface area contributed by atoms with E-state index in [9.17, 15) is 14.4 Å². The van der Waals surface area contributed by atoms with E-state index in [0.29, 0.717) is 0 Å². The molecule has 6 nitrogen and oxygen atoms in total. The van der Waals surface area contributed by atoms with Crippen molar-refractivity contribution in [1.82, 2.24) is 0 Å². The summed E-state index contributed by atoms with van der Waals surface area (Å²) in [7, 11) is 0. The Bertz CT molecular complexity index is 335. The molecule has 0 bridgehead atoms. The third-order valence-corrected chi connectivity index (χ3v) is 1.64. The molecule has 0 N–H and O–H groups in total. The number of hydrogen-bond acceptors (Lipinski definition) is 6. The summed E-state index contributed by atoms with van der Waals surface area (Å²) in [6, 6.07) is -0.493. The SMILES string of the molecule is C=CC(=O)OC(CC(C)N=C=O)OC(=O)C=C. The summed E-state index contributed by atoms with van der Waals surface area (Å²) in [5.74, 6) is -1.48. The average Bonchev–Trinajstić information content (AvgIpc) is 2.28. The predicted octanol–water partition coefficient (Wildman–Crippen LogP) is 0.885. The van der Waals surface area contributed by atoms with Crippen molar-refractivity contribution in [3.8, 4) is 0 Å². The standard InChI is InChI=1S/C11H13NO5/c1-4-9(14)16-11(17-10(15)5-2)6-8(3)12-7-13/h4-5,8,11H,1-2,6H2,3H3. The van der Waals surface area contributed by atoms with Gasteiger partial charge in [0.2, 0.25) is 12.4 Å². The Hall–Kier alpha value is -2.20. The highest BCUT2D eigenvalue weighted by atomic mass is 16.7. The first kappa shape index (κ1) is 14.8. The highest BCUT2D eigenvalue weighted by Gasteiger charge is 2.19. The van der Waals surface area contributed by atoms with E-state index >= 15 is 0 Å². The molecule has 0 saturated heterocycles. The number of ether oxygens (including phenoxy) is 2. The summed E-state index contributed by atoms with van der Waals surface area (Å²) < 4.78 is 9.50. The van der Waals surface area contributed by atoms with Crippen molar-refractivity contribution in [1.29, 1.82) is 0 Å². The van der Waals surface area contributed by atoms with Gasteiger partial charge in [-0.1, -0.05) is 13.2 Å². The molecule has 0 amide bonds. The Labute approximate surface area is 98.6 Å². The van der Waals surface area contributed by atoms with Gasteiger partial charge in [-0.2, -0.15) is 0 Å². The van der Waals surface area contributed by atoms with Crippen LogP contribution < -0.4 is 0 Å². The van der Waals surface area contributed by atoms with Gasteiger partial charge in [0.05, 0.1) is 6.04 Å². The largest absolute Gasteiger partial charge is 0.422 e. The van der Waals surface area contributed by atoms with Crippen molar-refractivity contribution in [3.05, 3.63) is 25.3 Å². The van der Waals surface area contributed by atoms with Gasteiger partial charge in [0.1, 0.15) is 0 Å². The normalized spacial score (nSPS) is 10.9. The van der Waals surface area contributed by atoms with Crippen LogP contribution in [-0.2, 0) is 23.9 Å². The Morgan fingerprint density at radius 1 is 1.29 bits per heavy atom. The Morgan fingerprint density at radius 3 is 2.12 bits per heavy atom. The summed E-state index contributed by atoms with van der Waals surface area (Å²) in [5, 5.41) is 0. The molecule has 0 aromatic rings. The van der Waals surface area contributed by atoms with E-state index in [2.05, 4.69) is 18.2 Å². The highest BCUT2D eigenvalue weighted by Crippen LogP contribution is 2.08. The summed E-state index contributed by atoms with van der Waals surface area (Å²) in [4.78, 5) is 35.3. The highest BCUT2D eigenvalue weighted by molar-refractivity contribution is 5.83. The first-order valence-electron chi connectivity index (χ1n) is 4.76. The van der Waals surface area contributed by atoms with Crippen LogP contribution in [0.15, 0.2) is 30.3 Å². The van der Waals surface area contributed by atoms with Crippen molar-refractivity contribution < 1.29 is 23.9 Å². The van der Waals surface area contributed by atoms with Crippen molar-refractivity contribution >= 4 is 18.0 Å². The first-order chi connectivity index (χ1) is 8.03. The number of rotatable bonds is 7. The molecule has 6 heteroatoms. The molecule has 1 unspecified atom stereocenters. The van der Waals surface area contributed by atoms with Gasteiger partial charge in [0.25, 0.3) is 0 Å². The fourth-order valence-corrected chi connectivity index (χ4v) is 0.897. The Balaban J connectivity index is 4.53. The lowest BCUT2D eigenvalue weighted by molar-refractivity contribution is -0.182. The molecule has 0 aliphatic carbocycles. The number of aliphatic imine (C=N–C) groups is 1. The minimum atomic E-state index is -1.14. The fourth-order valence-electron chi connectivity index (χ4n) is 0.897. The molecule has 0 rings (SSSR count). The maximum Gasteiger partial charge on any atom is 0.333 e. The van der Waals surface area contributed by atoms with Crippen LogP contribution in [0.1, 0.15) is 13.3 Å². The van der Waals surface area contributed by atoms with Crippen molar-refractivity contribution in [2.75, 3.05) is 0 Å². The number of hydrogen-bond donors (Lipinski definition) is 0. The molecule has 0 spiro atoms. The molecular weight excluding hydrogens is 226 g/mol. The lowest BCUT2D eigenvalue weighted by atomic mass is 10.2. The minimum Gasteiger partial charge on any atom is -0.422 e. The molecule has 0 saturated carbocycles. The van der Waals surface area contributed by atoms with E-state index in [-0.39, 0.29) is 6.42 Å². The van der Waals surface area contributed by atoms with Gasteiger partial charge >= 0.3 is 11.9 Å². The molecule has 17 heavy (non-hydrogen) atoms. The molecule has 0 aromatic carbocycles. The summed E-state index contributed by atoms with van der Waals surface area (Å²) in [5.41, 5.74) is 0. The second-order valence-corrected chi connectivity index (χ2v) is 3.02. The van der Waals surface area contributed by atoms with Crippen LogP contribution in [0, 0.1) is 0 Å². The molecule has 0 aromatic heterocycles. The van der Waals surface area contributed by atoms with Gasteiger partial charge in [0, 0.05) is 18.6 Å². The molecule has 1 atom stereocenters. The van der Waals surface area contributed by atoms with E-state index in [4.69, 9.17) is 9.47 Å². The van der Waals surface area contributed by atoms with Crippen LogP contribution in [-0.4, -0.2) is 30.4 Å². The number of nitrogens with zero attached hydrogens (tertiary/aromatic N) is 1. The van der Waals surface area contributed by atoms with Gasteiger partial charge in [-0.25, -0.2) is 19.4 Å². The number of carbonyl (C=O) groups excluding carboxylic acids is 3. The zero-order chi connectivity index (χ0) is 13.3. The van der Waals surface area contributed by atoms with E-state index in [1.54, 1.807) is 6.92 Å². The third-order valence-electron chi connectivity index (χ3n) is 1.64. The first-order valence-corrected chi connectivity index (χ1v) is 4.76. The zero-order valence-electron chi connectivity index (χ0n) is 9.42. The van der Waals surface area contributed by atoms with E-state index in [1.165, 1.54) is 6.08 Å². The molecule has 0 radical (unpaired) electrons. The predicted molar refractivity (Wildman–Crippen MR) is 58.6 cm³/mol. The second-order valence-electron chi connectivity index (χ2n) is 3.02. The lowest BCUT2D eigenvalue weighted by Crippen LogP contribution is -2.26. The van der Waals surface area contributed by atoms with Crippen molar-refractivity contribution in [2.24, 2.45) is 4.99 Å². The second kappa shape index (κ2) is 8.01. The minimum absolute atomic E-state index is 0.0500. The van der Waals surface area contributed by atoms with Crippen LogP contribution in [0.3, 0.4) is 0 Å². The van der Waals surface area contributed by atoms with Gasteiger partial charge in [0.15, 0.2) is 0 Å². The summed E-state index contributed by atoms with van der Waals surface area (Å²) in [6.07, 6.45) is 2.14. The number of esters is 2. The van der Waals surface area contributed by atoms with E-state index in [0.717, 1.165) is 12.2 Å². The van der Waals surface area contributed by atoms with Gasteiger partial charge in [-0.05, 0) is 6.92 Å². The maximum atomic E-state index is 11.0. The summed E-state index contributed by atoms with van der Waals surface area (Å²) in [6.45, 7) is 8.00. The van der Waals surface area contributed by atoms with Gasteiger partial charge < -0.3 is 9.47 Å². The van der Waals surface area contributed by atoms with Crippen molar-refractivity contribution in [3.63, 3.8) is 0 Å². The molecule has 0 aliphatic rings. The topological polar surface area (TPSA) is 82.0 Å². The third kappa shape index (κ3) is 6.81.